The first kappa shape index (κ1) is 15.1. The number of hydrogen-bond acceptors (Lipinski definition) is 4. The third-order valence-electron chi connectivity index (χ3n) is 4.02. The number of carbonyl (C=O) groups excluding carboxylic acids is 1. The lowest BCUT2D eigenvalue weighted by Crippen LogP contribution is -2.48. The number of fused-ring (bicyclic) bond motifs is 1. The molecule has 1 aromatic heterocycles. The molecule has 2 heterocycles. The van der Waals surface area contributed by atoms with Crippen LogP contribution in [0.2, 0.25) is 5.02 Å². The van der Waals surface area contributed by atoms with Gasteiger partial charge in [0.2, 0.25) is 5.91 Å². The number of aromatic amines is 1. The van der Waals surface area contributed by atoms with Gasteiger partial charge in [0.1, 0.15) is 0 Å². The number of amides is 1. The lowest BCUT2D eigenvalue weighted by Gasteiger charge is -2.36. The van der Waals surface area contributed by atoms with Crippen molar-refractivity contribution in [3.05, 3.63) is 23.4 Å². The summed E-state index contributed by atoms with van der Waals surface area (Å²) in [5.74, 6) is 0.0277. The summed E-state index contributed by atoms with van der Waals surface area (Å²) >= 11 is 6.20. The molecular weight excluding hydrogens is 302 g/mol. The van der Waals surface area contributed by atoms with Gasteiger partial charge in [-0.3, -0.25) is 14.8 Å². The predicted octanol–water partition coefficient (Wildman–Crippen LogP) is 1.47. The molecule has 0 radical (unpaired) electrons. The minimum absolute atomic E-state index is 0.0277. The average Bonchev–Trinajstić information content (AvgIpc) is 2.95. The number of piperazine rings is 1. The van der Waals surface area contributed by atoms with Crippen LogP contribution in [0.15, 0.2) is 18.3 Å². The lowest BCUT2D eigenvalue weighted by molar-refractivity contribution is -0.119. The van der Waals surface area contributed by atoms with Gasteiger partial charge in [-0.25, -0.2) is 0 Å². The smallest absolute Gasteiger partial charge is 0.216 e. The molecule has 118 valence electrons. The molecule has 1 saturated heterocycles. The Morgan fingerprint density at radius 1 is 1.36 bits per heavy atom. The van der Waals surface area contributed by atoms with E-state index in [0.717, 1.165) is 54.3 Å². The molecule has 7 heteroatoms. The van der Waals surface area contributed by atoms with Gasteiger partial charge in [0.15, 0.2) is 0 Å². The van der Waals surface area contributed by atoms with Crippen LogP contribution in [-0.2, 0) is 4.79 Å². The second-order valence-corrected chi connectivity index (χ2v) is 6.00. The van der Waals surface area contributed by atoms with Crippen molar-refractivity contribution >= 4 is 34.1 Å². The summed E-state index contributed by atoms with van der Waals surface area (Å²) in [4.78, 5) is 15.6. The molecule has 1 aromatic carbocycles. The van der Waals surface area contributed by atoms with E-state index in [2.05, 4.69) is 25.3 Å². The van der Waals surface area contributed by atoms with Crippen molar-refractivity contribution in [3.63, 3.8) is 0 Å². The molecule has 0 bridgehead atoms. The summed E-state index contributed by atoms with van der Waals surface area (Å²) < 4.78 is 0. The molecule has 0 unspecified atom stereocenters. The van der Waals surface area contributed by atoms with Gasteiger partial charge in [-0.15, -0.1) is 0 Å². The fourth-order valence-electron chi connectivity index (χ4n) is 2.86. The molecule has 22 heavy (non-hydrogen) atoms. The van der Waals surface area contributed by atoms with Crippen molar-refractivity contribution in [3.8, 4) is 0 Å². The lowest BCUT2D eigenvalue weighted by atomic mass is 10.2. The van der Waals surface area contributed by atoms with E-state index in [4.69, 9.17) is 11.6 Å². The van der Waals surface area contributed by atoms with E-state index in [1.54, 1.807) is 6.92 Å². The Morgan fingerprint density at radius 2 is 2.14 bits per heavy atom. The van der Waals surface area contributed by atoms with E-state index in [0.29, 0.717) is 6.54 Å². The number of nitrogens with zero attached hydrogens (tertiary/aromatic N) is 3. The minimum Gasteiger partial charge on any atom is -0.368 e. The van der Waals surface area contributed by atoms with Gasteiger partial charge in [0.25, 0.3) is 0 Å². The molecule has 0 aliphatic carbocycles. The highest BCUT2D eigenvalue weighted by Crippen LogP contribution is 2.30. The molecule has 0 saturated carbocycles. The van der Waals surface area contributed by atoms with Crippen molar-refractivity contribution in [1.29, 1.82) is 0 Å². The van der Waals surface area contributed by atoms with Crippen LogP contribution in [0.3, 0.4) is 0 Å². The Labute approximate surface area is 134 Å². The van der Waals surface area contributed by atoms with Crippen LogP contribution < -0.4 is 10.2 Å². The van der Waals surface area contributed by atoms with Crippen molar-refractivity contribution in [2.75, 3.05) is 44.2 Å². The monoisotopic (exact) mass is 321 g/mol. The van der Waals surface area contributed by atoms with Crippen LogP contribution in [-0.4, -0.2) is 60.3 Å². The summed E-state index contributed by atoms with van der Waals surface area (Å²) in [6.45, 7) is 6.99. The van der Waals surface area contributed by atoms with Gasteiger partial charge in [-0.1, -0.05) is 11.6 Å². The van der Waals surface area contributed by atoms with Gasteiger partial charge in [-0.05, 0) is 12.1 Å². The van der Waals surface area contributed by atoms with Gasteiger partial charge < -0.3 is 10.2 Å². The molecule has 1 aliphatic heterocycles. The average molecular weight is 322 g/mol. The third-order valence-corrected chi connectivity index (χ3v) is 4.23. The Bertz CT molecular complexity index is 663. The highest BCUT2D eigenvalue weighted by Gasteiger charge is 2.19. The van der Waals surface area contributed by atoms with Crippen molar-refractivity contribution in [2.24, 2.45) is 0 Å². The standard InChI is InChI=1S/C15H20ClN5O/c1-11(22)17-2-3-20-4-6-21(7-5-20)15-9-12(16)8-14-13(15)10-18-19-14/h8-10H,2-7H2,1H3,(H,17,22)(H,18,19). The number of halogens is 1. The van der Waals surface area contributed by atoms with Gasteiger partial charge in [0, 0.05) is 62.3 Å². The molecule has 3 rings (SSSR count). The van der Waals surface area contributed by atoms with E-state index in [-0.39, 0.29) is 5.91 Å². The highest BCUT2D eigenvalue weighted by molar-refractivity contribution is 6.31. The number of benzene rings is 1. The summed E-state index contributed by atoms with van der Waals surface area (Å²) in [5, 5.41) is 11.8. The molecule has 1 aliphatic rings. The summed E-state index contributed by atoms with van der Waals surface area (Å²) in [6, 6.07) is 3.91. The van der Waals surface area contributed by atoms with Gasteiger partial charge in [0.05, 0.1) is 11.7 Å². The highest BCUT2D eigenvalue weighted by atomic mass is 35.5. The quantitative estimate of drug-likeness (QED) is 0.895. The van der Waals surface area contributed by atoms with Crippen molar-refractivity contribution < 1.29 is 4.79 Å². The molecule has 2 N–H and O–H groups in total. The van der Waals surface area contributed by atoms with Gasteiger partial charge >= 0.3 is 0 Å². The van der Waals surface area contributed by atoms with Crippen LogP contribution in [0, 0.1) is 0 Å². The maximum atomic E-state index is 10.9. The van der Waals surface area contributed by atoms with Crippen molar-refractivity contribution in [1.82, 2.24) is 20.4 Å². The molecular formula is C15H20ClN5O. The molecule has 1 amide bonds. The number of hydrogen-bond donors (Lipinski definition) is 2. The number of anilines is 1. The summed E-state index contributed by atoms with van der Waals surface area (Å²) in [7, 11) is 0. The molecule has 1 fully saturated rings. The Kier molecular flexibility index (Phi) is 4.49. The van der Waals surface area contributed by atoms with Crippen molar-refractivity contribution in [2.45, 2.75) is 6.92 Å². The molecule has 6 nitrogen and oxygen atoms in total. The van der Waals surface area contributed by atoms with Crippen LogP contribution >= 0.6 is 11.6 Å². The largest absolute Gasteiger partial charge is 0.368 e. The Hall–Kier alpha value is -1.79. The van der Waals surface area contributed by atoms with E-state index in [9.17, 15) is 4.79 Å². The maximum Gasteiger partial charge on any atom is 0.216 e. The number of carbonyl (C=O) groups is 1. The number of H-pyrrole nitrogens is 1. The van der Waals surface area contributed by atoms with E-state index in [1.807, 2.05) is 18.3 Å². The zero-order valence-electron chi connectivity index (χ0n) is 12.6. The van der Waals surface area contributed by atoms with E-state index >= 15 is 0 Å². The first-order valence-corrected chi connectivity index (χ1v) is 7.85. The molecule has 0 spiro atoms. The fourth-order valence-corrected chi connectivity index (χ4v) is 3.07. The van der Waals surface area contributed by atoms with E-state index in [1.165, 1.54) is 0 Å². The first-order valence-electron chi connectivity index (χ1n) is 7.48. The zero-order chi connectivity index (χ0) is 15.5. The van der Waals surface area contributed by atoms with Crippen LogP contribution in [0.5, 0.6) is 0 Å². The summed E-state index contributed by atoms with van der Waals surface area (Å²) in [5.41, 5.74) is 2.10. The second kappa shape index (κ2) is 6.54. The summed E-state index contributed by atoms with van der Waals surface area (Å²) in [6.07, 6.45) is 1.85. The Morgan fingerprint density at radius 3 is 2.86 bits per heavy atom. The predicted molar refractivity (Wildman–Crippen MR) is 88.4 cm³/mol. The SMILES string of the molecule is CC(=O)NCCN1CCN(c2cc(Cl)cc3[nH]ncc23)CC1. The van der Waals surface area contributed by atoms with E-state index < -0.39 is 0 Å². The maximum absolute atomic E-state index is 10.9. The van der Waals surface area contributed by atoms with Crippen LogP contribution in [0.4, 0.5) is 5.69 Å². The number of rotatable bonds is 4. The minimum atomic E-state index is 0.0277. The van der Waals surface area contributed by atoms with Crippen LogP contribution in [0.25, 0.3) is 10.9 Å². The number of nitrogens with one attached hydrogen (secondary N) is 2. The number of aromatic nitrogens is 2. The Balaban J connectivity index is 1.63. The van der Waals surface area contributed by atoms with Gasteiger partial charge in [-0.2, -0.15) is 5.10 Å². The topological polar surface area (TPSA) is 64.3 Å². The molecule has 0 atom stereocenters. The van der Waals surface area contributed by atoms with Crippen LogP contribution in [0.1, 0.15) is 6.92 Å². The second-order valence-electron chi connectivity index (χ2n) is 5.57. The molecule has 2 aromatic rings. The fraction of sp³-hybridized carbons (Fsp3) is 0.467. The first-order chi connectivity index (χ1) is 10.6. The zero-order valence-corrected chi connectivity index (χ0v) is 13.4. The normalized spacial score (nSPS) is 16.2. The third kappa shape index (κ3) is 3.34.